The van der Waals surface area contributed by atoms with Gasteiger partial charge in [0.1, 0.15) is 0 Å². The fraction of sp³-hybridized carbons (Fsp3) is 1.00. The molecule has 0 aromatic rings. The zero-order chi connectivity index (χ0) is 12.4. The molecule has 0 amide bonds. The molecule has 0 radical (unpaired) electrons. The van der Waals surface area contributed by atoms with Gasteiger partial charge in [0.2, 0.25) is 0 Å². The second-order valence-electron chi connectivity index (χ2n) is 5.08. The van der Waals surface area contributed by atoms with E-state index in [-0.39, 0.29) is 0 Å². The van der Waals surface area contributed by atoms with Crippen LogP contribution in [0.3, 0.4) is 0 Å². The first-order valence-corrected chi connectivity index (χ1v) is 6.96. The molecule has 98 valence electrons. The Morgan fingerprint density at radius 3 is 2.31 bits per heavy atom. The first kappa shape index (κ1) is 15.9. The zero-order valence-electron chi connectivity index (χ0n) is 11.9. The third-order valence-corrected chi connectivity index (χ3v) is 2.97. The van der Waals surface area contributed by atoms with E-state index >= 15 is 0 Å². The quantitative estimate of drug-likeness (QED) is 0.578. The molecule has 0 heterocycles. The van der Waals surface area contributed by atoms with E-state index in [0.29, 0.717) is 12.1 Å². The molecule has 2 atom stereocenters. The molecule has 2 nitrogen and oxygen atoms in total. The highest BCUT2D eigenvalue weighted by molar-refractivity contribution is 4.71. The van der Waals surface area contributed by atoms with Crippen molar-refractivity contribution in [1.82, 2.24) is 5.32 Å². The molecule has 2 heteroatoms. The Bertz CT molecular complexity index is 148. The molecule has 0 bridgehead atoms. The summed E-state index contributed by atoms with van der Waals surface area (Å²) in [5.74, 6) is 0.791. The van der Waals surface area contributed by atoms with Crippen LogP contribution >= 0.6 is 0 Å². The van der Waals surface area contributed by atoms with E-state index in [4.69, 9.17) is 4.74 Å². The van der Waals surface area contributed by atoms with Crippen LogP contribution in [0.25, 0.3) is 0 Å². The van der Waals surface area contributed by atoms with Crippen molar-refractivity contribution < 1.29 is 4.74 Å². The van der Waals surface area contributed by atoms with Crippen LogP contribution in [0.15, 0.2) is 0 Å². The van der Waals surface area contributed by atoms with E-state index in [1.807, 2.05) is 0 Å². The van der Waals surface area contributed by atoms with Crippen LogP contribution in [0.4, 0.5) is 0 Å². The smallest absolute Gasteiger partial charge is 0.0699 e. The van der Waals surface area contributed by atoms with Crippen molar-refractivity contribution >= 4 is 0 Å². The Hall–Kier alpha value is -0.0800. The molecule has 2 unspecified atom stereocenters. The molecule has 0 aliphatic rings. The zero-order valence-corrected chi connectivity index (χ0v) is 11.9. The molecule has 16 heavy (non-hydrogen) atoms. The minimum Gasteiger partial charge on any atom is -0.377 e. The van der Waals surface area contributed by atoms with Crippen LogP contribution in [-0.2, 0) is 4.74 Å². The van der Waals surface area contributed by atoms with E-state index < -0.39 is 0 Å². The third kappa shape index (κ3) is 8.12. The maximum atomic E-state index is 5.88. The van der Waals surface area contributed by atoms with Crippen molar-refractivity contribution in [3.8, 4) is 0 Å². The third-order valence-electron chi connectivity index (χ3n) is 2.97. The van der Waals surface area contributed by atoms with Crippen molar-refractivity contribution in [2.75, 3.05) is 13.2 Å². The van der Waals surface area contributed by atoms with Gasteiger partial charge >= 0.3 is 0 Å². The minimum atomic E-state index is 0.337. The molecule has 0 fully saturated rings. The van der Waals surface area contributed by atoms with Crippen LogP contribution in [0.1, 0.15) is 60.3 Å². The molecular formula is C14H31NO. The Morgan fingerprint density at radius 1 is 1.12 bits per heavy atom. The maximum absolute atomic E-state index is 5.88. The van der Waals surface area contributed by atoms with E-state index in [2.05, 4.69) is 39.9 Å². The van der Waals surface area contributed by atoms with E-state index in [1.54, 1.807) is 0 Å². The fourth-order valence-corrected chi connectivity index (χ4v) is 1.85. The van der Waals surface area contributed by atoms with Gasteiger partial charge in [0, 0.05) is 12.6 Å². The monoisotopic (exact) mass is 229 g/mol. The summed E-state index contributed by atoms with van der Waals surface area (Å²) >= 11 is 0. The lowest BCUT2D eigenvalue weighted by Crippen LogP contribution is -2.39. The largest absolute Gasteiger partial charge is 0.377 e. The highest BCUT2D eigenvalue weighted by Gasteiger charge is 2.14. The minimum absolute atomic E-state index is 0.337. The van der Waals surface area contributed by atoms with Gasteiger partial charge in [0.25, 0.3) is 0 Å². The van der Waals surface area contributed by atoms with Gasteiger partial charge in [-0.05, 0) is 45.1 Å². The number of ether oxygens (including phenoxy) is 1. The number of hydrogen-bond donors (Lipinski definition) is 1. The summed E-state index contributed by atoms with van der Waals surface area (Å²) in [4.78, 5) is 0. The van der Waals surface area contributed by atoms with Gasteiger partial charge < -0.3 is 10.1 Å². The van der Waals surface area contributed by atoms with Crippen LogP contribution < -0.4 is 5.32 Å². The molecule has 0 spiro atoms. The molecule has 0 saturated heterocycles. The Balaban J connectivity index is 3.62. The van der Waals surface area contributed by atoms with Crippen LogP contribution in [0.5, 0.6) is 0 Å². The molecule has 0 aromatic carbocycles. The molecule has 0 aliphatic carbocycles. The Morgan fingerprint density at radius 2 is 1.81 bits per heavy atom. The standard InChI is InChI=1S/C14H31NO/c1-6-10-15-14(7-2)13(5)16-11-8-9-12(3)4/h12-15H,6-11H2,1-5H3. The predicted molar refractivity (Wildman–Crippen MR) is 71.9 cm³/mol. The van der Waals surface area contributed by atoms with Gasteiger partial charge in [-0.25, -0.2) is 0 Å². The summed E-state index contributed by atoms with van der Waals surface area (Å²) in [6.07, 6.45) is 5.13. The molecule has 0 aromatic heterocycles. The second kappa shape index (κ2) is 10.1. The maximum Gasteiger partial charge on any atom is 0.0699 e. The van der Waals surface area contributed by atoms with E-state index in [1.165, 1.54) is 19.3 Å². The normalized spacial score (nSPS) is 15.4. The van der Waals surface area contributed by atoms with Crippen molar-refractivity contribution in [2.45, 2.75) is 72.4 Å². The Kier molecular flexibility index (Phi) is 10.0. The lowest BCUT2D eigenvalue weighted by atomic mass is 10.1. The Labute approximate surface area is 102 Å². The lowest BCUT2D eigenvalue weighted by Gasteiger charge is -2.24. The second-order valence-corrected chi connectivity index (χ2v) is 5.08. The van der Waals surface area contributed by atoms with Crippen LogP contribution in [0, 0.1) is 5.92 Å². The summed E-state index contributed by atoms with van der Waals surface area (Å²) in [6.45, 7) is 13.1. The first-order valence-electron chi connectivity index (χ1n) is 6.96. The van der Waals surface area contributed by atoms with Gasteiger partial charge in [-0.2, -0.15) is 0 Å². The fourth-order valence-electron chi connectivity index (χ4n) is 1.85. The van der Waals surface area contributed by atoms with Crippen LogP contribution in [0.2, 0.25) is 0 Å². The van der Waals surface area contributed by atoms with Crippen molar-refractivity contribution in [3.05, 3.63) is 0 Å². The van der Waals surface area contributed by atoms with Crippen LogP contribution in [-0.4, -0.2) is 25.3 Å². The SMILES string of the molecule is CCCNC(CC)C(C)OCCCC(C)C. The van der Waals surface area contributed by atoms with Gasteiger partial charge in [-0.3, -0.25) is 0 Å². The topological polar surface area (TPSA) is 21.3 Å². The van der Waals surface area contributed by atoms with Crippen molar-refractivity contribution in [2.24, 2.45) is 5.92 Å². The van der Waals surface area contributed by atoms with Gasteiger partial charge in [-0.1, -0.05) is 27.7 Å². The van der Waals surface area contributed by atoms with Gasteiger partial charge in [-0.15, -0.1) is 0 Å². The van der Waals surface area contributed by atoms with Crippen molar-refractivity contribution in [1.29, 1.82) is 0 Å². The molecule has 0 aliphatic heterocycles. The van der Waals surface area contributed by atoms with Gasteiger partial charge in [0.05, 0.1) is 6.10 Å². The predicted octanol–water partition coefficient (Wildman–Crippen LogP) is 3.61. The number of rotatable bonds is 10. The summed E-state index contributed by atoms with van der Waals surface area (Å²) < 4.78 is 5.88. The lowest BCUT2D eigenvalue weighted by molar-refractivity contribution is 0.0346. The highest BCUT2D eigenvalue weighted by atomic mass is 16.5. The van der Waals surface area contributed by atoms with Crippen molar-refractivity contribution in [3.63, 3.8) is 0 Å². The summed E-state index contributed by atoms with van der Waals surface area (Å²) in [7, 11) is 0. The van der Waals surface area contributed by atoms with E-state index in [0.717, 1.165) is 25.5 Å². The highest BCUT2D eigenvalue weighted by Crippen LogP contribution is 2.07. The van der Waals surface area contributed by atoms with Gasteiger partial charge in [0.15, 0.2) is 0 Å². The first-order chi connectivity index (χ1) is 7.61. The molecule has 1 N–H and O–H groups in total. The summed E-state index contributed by atoms with van der Waals surface area (Å²) in [6, 6.07) is 0.513. The summed E-state index contributed by atoms with van der Waals surface area (Å²) in [5, 5.41) is 3.54. The number of hydrogen-bond acceptors (Lipinski definition) is 2. The molecule has 0 rings (SSSR count). The summed E-state index contributed by atoms with van der Waals surface area (Å²) in [5.41, 5.74) is 0. The molecule has 0 saturated carbocycles. The average molecular weight is 229 g/mol. The average Bonchev–Trinajstić information content (AvgIpc) is 2.25. The molecular weight excluding hydrogens is 198 g/mol. The number of nitrogens with one attached hydrogen (secondary N) is 1. The van der Waals surface area contributed by atoms with E-state index in [9.17, 15) is 0 Å².